The fourth-order valence-electron chi connectivity index (χ4n) is 3.31. The Morgan fingerprint density at radius 1 is 1.24 bits per heavy atom. The number of benzene rings is 1. The molecule has 0 radical (unpaired) electrons. The van der Waals surface area contributed by atoms with Gasteiger partial charge in [0.05, 0.1) is 0 Å². The second-order valence-corrected chi connectivity index (χ2v) is 6.42. The summed E-state index contributed by atoms with van der Waals surface area (Å²) in [7, 11) is 0. The first-order valence-electron chi connectivity index (χ1n) is 7.46. The van der Waals surface area contributed by atoms with Gasteiger partial charge in [0.2, 0.25) is 0 Å². The molecule has 21 heavy (non-hydrogen) atoms. The number of nitrogens with one attached hydrogen (secondary N) is 1. The molecule has 0 bridgehead atoms. The highest BCUT2D eigenvalue weighted by Crippen LogP contribution is 2.33. The molecule has 4 heteroatoms. The van der Waals surface area contributed by atoms with E-state index < -0.39 is 11.5 Å². The average Bonchev–Trinajstić information content (AvgIpc) is 2.37. The standard InChI is InChI=1S/C17H23NO3/c1-11-5-4-6-17(10-11,16(20)21)18-15(19)14-8-12(2)7-13(3)9-14/h7-9,11H,4-6,10H2,1-3H3,(H,18,19)(H,20,21). The number of carboxylic acid groups (broad SMARTS) is 1. The van der Waals surface area contributed by atoms with Crippen molar-refractivity contribution in [3.8, 4) is 0 Å². The minimum absolute atomic E-state index is 0.293. The van der Waals surface area contributed by atoms with E-state index in [1.807, 2.05) is 26.8 Å². The molecule has 0 aliphatic heterocycles. The van der Waals surface area contributed by atoms with Crippen LogP contribution in [0.15, 0.2) is 18.2 Å². The first kappa shape index (κ1) is 15.5. The molecule has 1 aliphatic carbocycles. The first-order valence-corrected chi connectivity index (χ1v) is 7.46. The number of rotatable bonds is 3. The van der Waals surface area contributed by atoms with E-state index in [0.717, 1.165) is 24.0 Å². The summed E-state index contributed by atoms with van der Waals surface area (Å²) in [5, 5.41) is 12.4. The summed E-state index contributed by atoms with van der Waals surface area (Å²) in [5.41, 5.74) is 1.42. The highest BCUT2D eigenvalue weighted by molar-refractivity contribution is 5.98. The van der Waals surface area contributed by atoms with Gasteiger partial charge >= 0.3 is 5.97 Å². The van der Waals surface area contributed by atoms with E-state index in [1.54, 1.807) is 12.1 Å². The lowest BCUT2D eigenvalue weighted by molar-refractivity contribution is -0.146. The third-order valence-electron chi connectivity index (χ3n) is 4.24. The second-order valence-electron chi connectivity index (χ2n) is 6.42. The van der Waals surface area contributed by atoms with E-state index in [2.05, 4.69) is 5.32 Å². The molecule has 4 nitrogen and oxygen atoms in total. The maximum atomic E-state index is 12.5. The Balaban J connectivity index is 2.24. The summed E-state index contributed by atoms with van der Waals surface area (Å²) in [6.07, 6.45) is 2.86. The topological polar surface area (TPSA) is 66.4 Å². The van der Waals surface area contributed by atoms with Gasteiger partial charge in [-0.15, -0.1) is 0 Å². The normalized spacial score (nSPS) is 25.4. The van der Waals surface area contributed by atoms with Crippen LogP contribution in [-0.2, 0) is 4.79 Å². The van der Waals surface area contributed by atoms with E-state index in [4.69, 9.17) is 0 Å². The Labute approximate surface area is 125 Å². The van der Waals surface area contributed by atoms with Crippen LogP contribution in [0.25, 0.3) is 0 Å². The van der Waals surface area contributed by atoms with Crippen molar-refractivity contribution in [3.63, 3.8) is 0 Å². The molecule has 1 amide bonds. The van der Waals surface area contributed by atoms with Crippen molar-refractivity contribution < 1.29 is 14.7 Å². The zero-order chi connectivity index (χ0) is 15.6. The van der Waals surface area contributed by atoms with Crippen LogP contribution >= 0.6 is 0 Å². The van der Waals surface area contributed by atoms with Crippen LogP contribution in [0.3, 0.4) is 0 Å². The number of carbonyl (C=O) groups excluding carboxylic acids is 1. The van der Waals surface area contributed by atoms with Crippen LogP contribution in [-0.4, -0.2) is 22.5 Å². The van der Waals surface area contributed by atoms with Gasteiger partial charge in [0.15, 0.2) is 0 Å². The van der Waals surface area contributed by atoms with Gasteiger partial charge in [0.1, 0.15) is 5.54 Å². The second kappa shape index (κ2) is 5.88. The zero-order valence-electron chi connectivity index (χ0n) is 12.9. The molecule has 1 aromatic carbocycles. The zero-order valence-corrected chi connectivity index (χ0v) is 12.9. The lowest BCUT2D eigenvalue weighted by atomic mass is 9.76. The van der Waals surface area contributed by atoms with Gasteiger partial charge in [-0.25, -0.2) is 4.79 Å². The molecule has 2 N–H and O–H groups in total. The van der Waals surface area contributed by atoms with Crippen molar-refractivity contribution in [2.45, 2.75) is 52.0 Å². The lowest BCUT2D eigenvalue weighted by Crippen LogP contribution is -2.56. The largest absolute Gasteiger partial charge is 0.480 e. The van der Waals surface area contributed by atoms with E-state index in [-0.39, 0.29) is 5.91 Å². The summed E-state index contributed by atoms with van der Waals surface area (Å²) in [6.45, 7) is 5.90. The van der Waals surface area contributed by atoms with E-state index in [1.165, 1.54) is 0 Å². The fraction of sp³-hybridized carbons (Fsp3) is 0.529. The van der Waals surface area contributed by atoms with Crippen molar-refractivity contribution >= 4 is 11.9 Å². The smallest absolute Gasteiger partial charge is 0.329 e. The molecule has 0 spiro atoms. The third kappa shape index (κ3) is 3.43. The van der Waals surface area contributed by atoms with Gasteiger partial charge < -0.3 is 10.4 Å². The third-order valence-corrected chi connectivity index (χ3v) is 4.24. The van der Waals surface area contributed by atoms with Crippen LogP contribution in [0.2, 0.25) is 0 Å². The summed E-state index contributed by atoms with van der Waals surface area (Å²) in [4.78, 5) is 24.2. The number of aryl methyl sites for hydroxylation is 2. The quantitative estimate of drug-likeness (QED) is 0.898. The molecule has 114 valence electrons. The summed E-state index contributed by atoms with van der Waals surface area (Å²) >= 11 is 0. The minimum atomic E-state index is -1.12. The molecule has 1 saturated carbocycles. The Morgan fingerprint density at radius 3 is 2.38 bits per heavy atom. The first-order chi connectivity index (χ1) is 9.82. The number of aliphatic carboxylic acids is 1. The maximum absolute atomic E-state index is 12.5. The number of carbonyl (C=O) groups is 2. The monoisotopic (exact) mass is 289 g/mol. The number of amides is 1. The molecule has 2 unspecified atom stereocenters. The summed E-state index contributed by atoms with van der Waals surface area (Å²) < 4.78 is 0. The fourth-order valence-corrected chi connectivity index (χ4v) is 3.31. The van der Waals surface area contributed by atoms with Gasteiger partial charge in [-0.3, -0.25) is 4.79 Å². The molecule has 1 aromatic rings. The van der Waals surface area contributed by atoms with Crippen molar-refractivity contribution in [2.24, 2.45) is 5.92 Å². The molecule has 2 atom stereocenters. The van der Waals surface area contributed by atoms with Crippen LogP contribution in [0, 0.1) is 19.8 Å². The number of hydrogen-bond acceptors (Lipinski definition) is 2. The van der Waals surface area contributed by atoms with E-state index in [9.17, 15) is 14.7 Å². The molecule has 0 heterocycles. The van der Waals surface area contributed by atoms with Crippen molar-refractivity contribution in [2.75, 3.05) is 0 Å². The average molecular weight is 289 g/mol. The van der Waals surface area contributed by atoms with Crippen LogP contribution in [0.5, 0.6) is 0 Å². The predicted octanol–water partition coefficient (Wildman–Crippen LogP) is 3.07. The molecule has 2 rings (SSSR count). The highest BCUT2D eigenvalue weighted by Gasteiger charge is 2.43. The summed E-state index contributed by atoms with van der Waals surface area (Å²) in [5.74, 6) is -0.903. The van der Waals surface area contributed by atoms with E-state index >= 15 is 0 Å². The Kier molecular flexibility index (Phi) is 4.35. The SMILES string of the molecule is Cc1cc(C)cc(C(=O)NC2(C(=O)O)CCCC(C)C2)c1. The van der Waals surface area contributed by atoms with Gasteiger partial charge in [-0.1, -0.05) is 37.0 Å². The molecule has 1 aliphatic rings. The Bertz CT molecular complexity index is 547. The summed E-state index contributed by atoms with van der Waals surface area (Å²) in [6, 6.07) is 5.58. The van der Waals surface area contributed by atoms with Crippen LogP contribution in [0.1, 0.15) is 54.1 Å². The highest BCUT2D eigenvalue weighted by atomic mass is 16.4. The van der Waals surface area contributed by atoms with Crippen molar-refractivity contribution in [1.29, 1.82) is 0 Å². The molecule has 0 aromatic heterocycles. The van der Waals surface area contributed by atoms with Crippen LogP contribution in [0.4, 0.5) is 0 Å². The van der Waals surface area contributed by atoms with Crippen LogP contribution < -0.4 is 5.32 Å². The molecular weight excluding hydrogens is 266 g/mol. The molecular formula is C17H23NO3. The molecule has 0 saturated heterocycles. The Hall–Kier alpha value is -1.84. The number of carboxylic acids is 1. The van der Waals surface area contributed by atoms with E-state index in [0.29, 0.717) is 24.3 Å². The lowest BCUT2D eigenvalue weighted by Gasteiger charge is -2.37. The van der Waals surface area contributed by atoms with Crippen molar-refractivity contribution in [1.82, 2.24) is 5.32 Å². The van der Waals surface area contributed by atoms with Crippen molar-refractivity contribution in [3.05, 3.63) is 34.9 Å². The maximum Gasteiger partial charge on any atom is 0.329 e. The Morgan fingerprint density at radius 2 is 1.86 bits per heavy atom. The minimum Gasteiger partial charge on any atom is -0.480 e. The predicted molar refractivity (Wildman–Crippen MR) is 81.4 cm³/mol. The number of hydrogen-bond donors (Lipinski definition) is 2. The molecule has 1 fully saturated rings. The van der Waals surface area contributed by atoms with Gasteiger partial charge in [-0.2, -0.15) is 0 Å². The van der Waals surface area contributed by atoms with Gasteiger partial charge in [-0.05, 0) is 44.7 Å². The van der Waals surface area contributed by atoms with Gasteiger partial charge in [0.25, 0.3) is 5.91 Å². The van der Waals surface area contributed by atoms with Gasteiger partial charge in [0, 0.05) is 5.56 Å².